The van der Waals surface area contributed by atoms with Crippen molar-refractivity contribution in [1.82, 2.24) is 15.1 Å². The van der Waals surface area contributed by atoms with Gasteiger partial charge in [-0.3, -0.25) is 43.9 Å². The van der Waals surface area contributed by atoms with E-state index >= 15 is 0 Å². The largest absolute Gasteiger partial charge is 0.417 e. The summed E-state index contributed by atoms with van der Waals surface area (Å²) in [6, 6.07) is 15.9. The van der Waals surface area contributed by atoms with Crippen LogP contribution in [0.2, 0.25) is 0 Å². The van der Waals surface area contributed by atoms with Crippen molar-refractivity contribution in [3.05, 3.63) is 88.5 Å². The van der Waals surface area contributed by atoms with Crippen molar-refractivity contribution in [2.24, 2.45) is 0 Å². The second-order valence-electron chi connectivity index (χ2n) is 16.3. The number of nitrogens with one attached hydrogen (secondary N) is 2. The molecular weight excluding hydrogens is 872 g/mol. The van der Waals surface area contributed by atoms with E-state index in [2.05, 4.69) is 10.6 Å². The molecule has 4 aliphatic rings. The molecule has 342 valence electrons. The molecule has 0 bridgehead atoms. The fourth-order valence-corrected chi connectivity index (χ4v) is 8.95. The van der Waals surface area contributed by atoms with Crippen LogP contribution in [0.3, 0.4) is 0 Å². The number of carbonyl (C=O) groups excluding carboxylic acids is 6. The van der Waals surface area contributed by atoms with Crippen LogP contribution < -0.4 is 20.4 Å². The molecule has 0 aromatic heterocycles. The number of benzene rings is 3. The Kier molecular flexibility index (Phi) is 14.0. The topological polar surface area (TPSA) is 191 Å². The first-order valence-corrected chi connectivity index (χ1v) is 21.4. The van der Waals surface area contributed by atoms with Crippen molar-refractivity contribution < 1.29 is 56.1 Å². The summed E-state index contributed by atoms with van der Waals surface area (Å²) in [6.45, 7) is 5.89. The Labute approximate surface area is 377 Å². The number of carbonyl (C=O) groups is 6. The Morgan fingerprint density at radius 3 is 2.22 bits per heavy atom. The molecule has 3 saturated heterocycles. The van der Waals surface area contributed by atoms with Crippen LogP contribution in [0, 0.1) is 11.3 Å². The van der Waals surface area contributed by atoms with Crippen molar-refractivity contribution in [2.75, 3.05) is 74.4 Å². The summed E-state index contributed by atoms with van der Waals surface area (Å²) in [4.78, 5) is 82.0. The number of hydrogen-bond donors (Lipinski definition) is 2. The Bertz CT molecular complexity index is 2430. The third kappa shape index (κ3) is 9.73. The Morgan fingerprint density at radius 2 is 1.55 bits per heavy atom. The molecule has 3 fully saturated rings. The molecule has 3 aromatic rings. The normalized spacial score (nSPS) is 18.9. The number of alkyl halides is 3. The summed E-state index contributed by atoms with van der Waals surface area (Å²) in [5.41, 5.74) is -0.587. The van der Waals surface area contributed by atoms with Gasteiger partial charge in [-0.25, -0.2) is 0 Å². The predicted molar refractivity (Wildman–Crippen MR) is 232 cm³/mol. The van der Waals surface area contributed by atoms with E-state index in [0.717, 1.165) is 40.3 Å². The van der Waals surface area contributed by atoms with Gasteiger partial charge in [0.1, 0.15) is 18.2 Å². The predicted octanol–water partition coefficient (Wildman–Crippen LogP) is 4.76. The number of halogens is 3. The van der Waals surface area contributed by atoms with Gasteiger partial charge in [0.2, 0.25) is 17.7 Å². The second-order valence-corrected chi connectivity index (χ2v) is 16.6. The monoisotopic (exact) mass is 917 g/mol. The van der Waals surface area contributed by atoms with Crippen molar-refractivity contribution in [2.45, 2.75) is 63.2 Å². The molecule has 2 N–H and O–H groups in total. The van der Waals surface area contributed by atoms with Crippen LogP contribution in [0.15, 0.2) is 60.7 Å². The molecule has 20 heteroatoms. The van der Waals surface area contributed by atoms with Gasteiger partial charge in [0.15, 0.2) is 5.11 Å². The third-order valence-electron chi connectivity index (χ3n) is 11.8. The van der Waals surface area contributed by atoms with Crippen molar-refractivity contribution in [3.63, 3.8) is 0 Å². The van der Waals surface area contributed by atoms with Gasteiger partial charge in [-0.1, -0.05) is 18.2 Å². The first-order valence-electron chi connectivity index (χ1n) is 21.0. The summed E-state index contributed by atoms with van der Waals surface area (Å²) in [7, 11) is 0. The standard InChI is InChI=1S/C45H46F3N7O9S/c1-44(2)42(61)53(31-11-8-29(25-49)33(24-31)45(46,47)48)43(65)55(44)30-9-6-27(7-10-30)28-14-17-52(18-15-28)37(57)26-64-23-22-63-21-20-62-19-16-50-34-5-3-4-32-38(34)41(60)54(40(32)59)35-12-13-36(56)51-39(35)58/h3-11,24,28,35,50H,12-23,26H2,1-2H3,(H,51,56,58). The first kappa shape index (κ1) is 46.7. The molecule has 7 rings (SSSR count). The van der Waals surface area contributed by atoms with Gasteiger partial charge in [-0.05, 0) is 99.3 Å². The zero-order valence-corrected chi connectivity index (χ0v) is 36.4. The number of fused-ring (bicyclic) bond motifs is 1. The highest BCUT2D eigenvalue weighted by Gasteiger charge is 2.51. The van der Waals surface area contributed by atoms with E-state index < -0.39 is 58.4 Å². The molecule has 6 amide bonds. The maximum absolute atomic E-state index is 13.7. The fraction of sp³-hybridized carbons (Fsp3) is 0.422. The number of ether oxygens (including phenoxy) is 3. The molecule has 65 heavy (non-hydrogen) atoms. The smallest absolute Gasteiger partial charge is 0.382 e. The highest BCUT2D eigenvalue weighted by Crippen LogP contribution is 2.40. The highest BCUT2D eigenvalue weighted by atomic mass is 32.1. The van der Waals surface area contributed by atoms with Gasteiger partial charge in [-0.15, -0.1) is 0 Å². The molecule has 16 nitrogen and oxygen atoms in total. The molecule has 0 saturated carbocycles. The van der Waals surface area contributed by atoms with Crippen molar-refractivity contribution in [3.8, 4) is 6.07 Å². The Morgan fingerprint density at radius 1 is 0.892 bits per heavy atom. The number of amides is 6. The summed E-state index contributed by atoms with van der Waals surface area (Å²) in [5.74, 6) is -2.76. The number of piperidine rings is 2. The van der Waals surface area contributed by atoms with Crippen LogP contribution in [0.1, 0.15) is 82.9 Å². The fourth-order valence-electron chi connectivity index (χ4n) is 8.43. The van der Waals surface area contributed by atoms with Gasteiger partial charge in [0.05, 0.1) is 67.0 Å². The lowest BCUT2D eigenvalue weighted by atomic mass is 9.89. The minimum atomic E-state index is -4.80. The molecule has 0 aliphatic carbocycles. The van der Waals surface area contributed by atoms with Gasteiger partial charge in [0.25, 0.3) is 17.7 Å². The summed E-state index contributed by atoms with van der Waals surface area (Å²) < 4.78 is 57.9. The number of anilines is 3. The van der Waals surface area contributed by atoms with E-state index in [0.29, 0.717) is 31.0 Å². The molecule has 3 aromatic carbocycles. The Hall–Kier alpha value is -6.27. The quantitative estimate of drug-likeness (QED) is 0.114. The maximum Gasteiger partial charge on any atom is 0.417 e. The number of rotatable bonds is 16. The number of hydrogen-bond acceptors (Lipinski definition) is 12. The van der Waals surface area contributed by atoms with Crippen LogP contribution in [-0.2, 0) is 39.6 Å². The van der Waals surface area contributed by atoms with Gasteiger partial charge in [-0.2, -0.15) is 18.4 Å². The Balaban J connectivity index is 0.779. The van der Waals surface area contributed by atoms with Gasteiger partial charge >= 0.3 is 6.18 Å². The van der Waals surface area contributed by atoms with E-state index in [1.165, 1.54) is 12.1 Å². The molecule has 1 atom stereocenters. The van der Waals surface area contributed by atoms with Gasteiger partial charge in [0, 0.05) is 37.4 Å². The van der Waals surface area contributed by atoms with E-state index in [4.69, 9.17) is 26.4 Å². The first-order chi connectivity index (χ1) is 31.0. The van der Waals surface area contributed by atoms with E-state index in [-0.39, 0.29) is 86.2 Å². The van der Waals surface area contributed by atoms with Crippen LogP contribution >= 0.6 is 12.2 Å². The molecule has 4 aliphatic heterocycles. The maximum atomic E-state index is 13.7. The SMILES string of the molecule is CC1(C)C(=O)N(c2ccc(C#N)c(C(F)(F)F)c2)C(=S)N1c1ccc(C2CCN(C(=O)COCCOCCOCCNc3cccc4c3C(=O)N(C3CCC(=O)NC3=O)C4=O)CC2)cc1. The molecule has 0 spiro atoms. The highest BCUT2D eigenvalue weighted by molar-refractivity contribution is 7.81. The number of nitriles is 1. The summed E-state index contributed by atoms with van der Waals surface area (Å²) >= 11 is 5.66. The molecular formula is C45H46F3N7O9S. The minimum Gasteiger partial charge on any atom is -0.382 e. The van der Waals surface area contributed by atoms with Crippen LogP contribution in [-0.4, -0.2) is 121 Å². The molecule has 0 radical (unpaired) electrons. The zero-order valence-electron chi connectivity index (χ0n) is 35.6. The number of thiocarbonyl (C=S) groups is 1. The van der Waals surface area contributed by atoms with E-state index in [1.807, 2.05) is 24.3 Å². The lowest BCUT2D eigenvalue weighted by molar-refractivity contribution is -0.138. The number of likely N-dealkylation sites (tertiary alicyclic amines) is 1. The third-order valence-corrected chi connectivity index (χ3v) is 12.2. The second kappa shape index (κ2) is 19.5. The summed E-state index contributed by atoms with van der Waals surface area (Å²) in [5, 5.41) is 14.5. The van der Waals surface area contributed by atoms with Crippen LogP contribution in [0.5, 0.6) is 0 Å². The zero-order chi connectivity index (χ0) is 46.6. The van der Waals surface area contributed by atoms with Gasteiger partial charge < -0.3 is 29.3 Å². The van der Waals surface area contributed by atoms with Crippen LogP contribution in [0.4, 0.5) is 30.2 Å². The molecule has 1 unspecified atom stereocenters. The minimum absolute atomic E-state index is 0.0133. The van der Waals surface area contributed by atoms with E-state index in [1.54, 1.807) is 41.8 Å². The summed E-state index contributed by atoms with van der Waals surface area (Å²) in [6.07, 6.45) is -3.25. The lowest BCUT2D eigenvalue weighted by Gasteiger charge is -2.33. The van der Waals surface area contributed by atoms with Crippen molar-refractivity contribution in [1.29, 1.82) is 5.26 Å². The van der Waals surface area contributed by atoms with Crippen molar-refractivity contribution >= 4 is 69.8 Å². The average molecular weight is 918 g/mol. The number of nitrogens with zero attached hydrogens (tertiary/aromatic N) is 5. The number of imide groups is 2. The van der Waals surface area contributed by atoms with Crippen LogP contribution in [0.25, 0.3) is 0 Å². The van der Waals surface area contributed by atoms with E-state index in [9.17, 15) is 47.2 Å². The lowest BCUT2D eigenvalue weighted by Crippen LogP contribution is -2.54. The average Bonchev–Trinajstić information content (AvgIpc) is 3.64. The molecule has 4 heterocycles.